The van der Waals surface area contributed by atoms with Gasteiger partial charge >= 0.3 is 0 Å². The summed E-state index contributed by atoms with van der Waals surface area (Å²) < 4.78 is 1.07. The molecule has 0 aliphatic heterocycles. The van der Waals surface area contributed by atoms with E-state index in [0.29, 0.717) is 5.15 Å². The van der Waals surface area contributed by atoms with Crippen molar-refractivity contribution in [1.29, 1.82) is 0 Å². The third-order valence-electron chi connectivity index (χ3n) is 1.96. The fourth-order valence-corrected chi connectivity index (χ4v) is 1.84. The zero-order chi connectivity index (χ0) is 10.7. The van der Waals surface area contributed by atoms with E-state index in [0.717, 1.165) is 16.6 Å². The van der Waals surface area contributed by atoms with E-state index in [2.05, 4.69) is 38.3 Å². The molecular weight excluding hydrogens is 275 g/mol. The van der Waals surface area contributed by atoms with Crippen LogP contribution in [-0.2, 0) is 6.42 Å². The van der Waals surface area contributed by atoms with Crippen LogP contribution >= 0.6 is 27.5 Å². The Morgan fingerprint density at radius 3 is 2.67 bits per heavy atom. The Kier molecular flexibility index (Phi) is 3.34. The van der Waals surface area contributed by atoms with E-state index in [-0.39, 0.29) is 0 Å². The lowest BCUT2D eigenvalue weighted by Crippen LogP contribution is -1.94. The highest BCUT2D eigenvalue weighted by Gasteiger charge is 1.99. The van der Waals surface area contributed by atoms with Gasteiger partial charge in [-0.1, -0.05) is 39.7 Å². The first-order valence-electron chi connectivity index (χ1n) is 4.46. The second-order valence-electron chi connectivity index (χ2n) is 3.15. The molecule has 1 aromatic carbocycles. The largest absolute Gasteiger partial charge is 0.154 e. The molecule has 0 atom stereocenters. The maximum Gasteiger partial charge on any atom is 0.151 e. The molecule has 2 aromatic rings. The third-order valence-corrected chi connectivity index (χ3v) is 2.66. The monoisotopic (exact) mass is 282 g/mol. The lowest BCUT2D eigenvalue weighted by atomic mass is 10.1. The van der Waals surface area contributed by atoms with Gasteiger partial charge in [-0.15, -0.1) is 5.10 Å². The van der Waals surface area contributed by atoms with Crippen LogP contribution in [0.4, 0.5) is 0 Å². The van der Waals surface area contributed by atoms with Crippen LogP contribution < -0.4 is 0 Å². The highest BCUT2D eigenvalue weighted by atomic mass is 79.9. The summed E-state index contributed by atoms with van der Waals surface area (Å²) >= 11 is 9.09. The summed E-state index contributed by atoms with van der Waals surface area (Å²) in [5, 5.41) is 8.23. The molecule has 0 N–H and O–H groups in total. The van der Waals surface area contributed by atoms with Gasteiger partial charge < -0.3 is 0 Å². The number of hydrogen-bond acceptors (Lipinski definition) is 2. The van der Waals surface area contributed by atoms with Gasteiger partial charge in [-0.25, -0.2) is 0 Å². The first kappa shape index (κ1) is 10.6. The molecule has 2 rings (SSSR count). The molecule has 0 spiro atoms. The Balaban J connectivity index is 2.18. The van der Waals surface area contributed by atoms with Gasteiger partial charge in [0, 0.05) is 10.9 Å². The molecule has 0 radical (unpaired) electrons. The summed E-state index contributed by atoms with van der Waals surface area (Å²) in [6.07, 6.45) is 0.767. The Labute approximate surface area is 101 Å². The molecule has 1 aromatic heterocycles. The summed E-state index contributed by atoms with van der Waals surface area (Å²) in [5.41, 5.74) is 2.11. The minimum absolute atomic E-state index is 0.424. The van der Waals surface area contributed by atoms with Gasteiger partial charge in [-0.3, -0.25) is 0 Å². The second-order valence-corrected chi connectivity index (χ2v) is 4.46. The van der Waals surface area contributed by atoms with E-state index in [1.54, 1.807) is 6.07 Å². The van der Waals surface area contributed by atoms with Crippen LogP contribution in [0.1, 0.15) is 11.3 Å². The molecule has 76 valence electrons. The van der Waals surface area contributed by atoms with Gasteiger partial charge in [-0.2, -0.15) is 5.10 Å². The van der Waals surface area contributed by atoms with E-state index >= 15 is 0 Å². The molecule has 0 amide bonds. The van der Waals surface area contributed by atoms with Crippen LogP contribution in [0.2, 0.25) is 5.15 Å². The third kappa shape index (κ3) is 3.01. The second kappa shape index (κ2) is 4.73. The van der Waals surface area contributed by atoms with Crippen LogP contribution in [0.5, 0.6) is 0 Å². The molecule has 4 heteroatoms. The predicted molar refractivity (Wildman–Crippen MR) is 64.0 cm³/mol. The van der Waals surface area contributed by atoms with Crippen molar-refractivity contribution in [2.45, 2.75) is 6.42 Å². The van der Waals surface area contributed by atoms with Crippen molar-refractivity contribution in [3.05, 3.63) is 57.3 Å². The van der Waals surface area contributed by atoms with Crippen LogP contribution in [0.3, 0.4) is 0 Å². The van der Waals surface area contributed by atoms with Gasteiger partial charge in [0.2, 0.25) is 0 Å². The van der Waals surface area contributed by atoms with Crippen molar-refractivity contribution in [1.82, 2.24) is 10.2 Å². The Morgan fingerprint density at radius 2 is 2.00 bits per heavy atom. The van der Waals surface area contributed by atoms with Gasteiger partial charge in [-0.05, 0) is 29.8 Å². The van der Waals surface area contributed by atoms with E-state index in [1.807, 2.05) is 18.2 Å². The van der Waals surface area contributed by atoms with Crippen LogP contribution in [-0.4, -0.2) is 10.2 Å². The number of halogens is 2. The number of rotatable bonds is 2. The highest BCUT2D eigenvalue weighted by molar-refractivity contribution is 9.10. The predicted octanol–water partition coefficient (Wildman–Crippen LogP) is 3.48. The van der Waals surface area contributed by atoms with E-state index in [4.69, 9.17) is 11.6 Å². The van der Waals surface area contributed by atoms with E-state index in [1.165, 1.54) is 5.56 Å². The Morgan fingerprint density at radius 1 is 1.13 bits per heavy atom. The number of nitrogens with zero attached hydrogens (tertiary/aromatic N) is 2. The first-order valence-corrected chi connectivity index (χ1v) is 5.64. The summed E-state index contributed by atoms with van der Waals surface area (Å²) in [6.45, 7) is 0. The van der Waals surface area contributed by atoms with E-state index in [9.17, 15) is 0 Å². The number of hydrogen-bond donors (Lipinski definition) is 0. The molecule has 2 nitrogen and oxygen atoms in total. The molecule has 0 saturated carbocycles. The van der Waals surface area contributed by atoms with Crippen molar-refractivity contribution < 1.29 is 0 Å². The van der Waals surface area contributed by atoms with Crippen molar-refractivity contribution >= 4 is 27.5 Å². The van der Waals surface area contributed by atoms with Gasteiger partial charge in [0.1, 0.15) is 0 Å². The summed E-state index contributed by atoms with van der Waals surface area (Å²) in [5.74, 6) is 0. The Hall–Kier alpha value is -0.930. The van der Waals surface area contributed by atoms with Crippen molar-refractivity contribution in [2.75, 3.05) is 0 Å². The fraction of sp³-hybridized carbons (Fsp3) is 0.0909. The lowest BCUT2D eigenvalue weighted by Gasteiger charge is -2.00. The number of benzene rings is 1. The minimum atomic E-state index is 0.424. The normalized spacial score (nSPS) is 10.3. The average molecular weight is 284 g/mol. The van der Waals surface area contributed by atoms with Crippen LogP contribution in [0.15, 0.2) is 40.9 Å². The molecule has 0 unspecified atom stereocenters. The van der Waals surface area contributed by atoms with Gasteiger partial charge in [0.15, 0.2) is 5.15 Å². The smallest absolute Gasteiger partial charge is 0.151 e. The van der Waals surface area contributed by atoms with Crippen molar-refractivity contribution in [2.24, 2.45) is 0 Å². The molecule has 1 heterocycles. The maximum absolute atomic E-state index is 5.66. The lowest BCUT2D eigenvalue weighted by molar-refractivity contribution is 0.937. The highest BCUT2D eigenvalue weighted by Crippen LogP contribution is 2.14. The molecule has 0 aliphatic carbocycles. The Bertz CT molecular complexity index is 456. The SMILES string of the molecule is Clc1ccc(Cc2cccc(Br)c2)nn1. The quantitative estimate of drug-likeness (QED) is 0.843. The average Bonchev–Trinajstić information content (AvgIpc) is 2.22. The first-order chi connectivity index (χ1) is 7.24. The van der Waals surface area contributed by atoms with E-state index < -0.39 is 0 Å². The minimum Gasteiger partial charge on any atom is -0.154 e. The molecule has 15 heavy (non-hydrogen) atoms. The molecule has 0 aliphatic rings. The molecule has 0 fully saturated rings. The summed E-state index contributed by atoms with van der Waals surface area (Å²) in [4.78, 5) is 0. The topological polar surface area (TPSA) is 25.8 Å². The summed E-state index contributed by atoms with van der Waals surface area (Å²) in [6, 6.07) is 11.8. The molecular formula is C11H8BrClN2. The zero-order valence-electron chi connectivity index (χ0n) is 7.82. The standard InChI is InChI=1S/C11H8BrClN2/c12-9-3-1-2-8(6-9)7-10-4-5-11(13)15-14-10/h1-6H,7H2. The zero-order valence-corrected chi connectivity index (χ0v) is 10.2. The fourth-order valence-electron chi connectivity index (χ4n) is 1.29. The summed E-state index contributed by atoms with van der Waals surface area (Å²) in [7, 11) is 0. The maximum atomic E-state index is 5.66. The van der Waals surface area contributed by atoms with Gasteiger partial charge in [0.05, 0.1) is 5.69 Å². The molecule has 0 saturated heterocycles. The van der Waals surface area contributed by atoms with Crippen molar-refractivity contribution in [3.8, 4) is 0 Å². The van der Waals surface area contributed by atoms with Crippen LogP contribution in [0.25, 0.3) is 0 Å². The van der Waals surface area contributed by atoms with Gasteiger partial charge in [0.25, 0.3) is 0 Å². The van der Waals surface area contributed by atoms with Crippen LogP contribution in [0, 0.1) is 0 Å². The van der Waals surface area contributed by atoms with Crippen molar-refractivity contribution in [3.63, 3.8) is 0 Å². The number of aromatic nitrogens is 2. The molecule has 0 bridgehead atoms.